The maximum atomic E-state index is 13.4. The van der Waals surface area contributed by atoms with Crippen LogP contribution in [0.4, 0.5) is 15.8 Å². The van der Waals surface area contributed by atoms with Crippen LogP contribution in [0.15, 0.2) is 30.3 Å². The number of fused-ring (bicyclic) bond motifs is 2. The molecular weight excluding hydrogens is 371 g/mol. The Morgan fingerprint density at radius 2 is 1.93 bits per heavy atom. The summed E-state index contributed by atoms with van der Waals surface area (Å²) in [4.78, 5) is 14.6. The molecule has 2 aromatic carbocycles. The standard InChI is InChI=1S/C20H20ClFN2O3/c21-15-10-18-19(27-8-2-7-26-18)11-16(15)23-20(25)12-24-6-1-3-13-9-14(22)4-5-17(13)24/h4-5,9-11H,1-3,6-8,12H2,(H,23,25). The lowest BCUT2D eigenvalue weighted by Crippen LogP contribution is -2.36. The van der Waals surface area contributed by atoms with Crippen molar-refractivity contribution >= 4 is 28.9 Å². The number of halogens is 2. The van der Waals surface area contributed by atoms with E-state index < -0.39 is 0 Å². The molecule has 0 saturated carbocycles. The van der Waals surface area contributed by atoms with Gasteiger partial charge in [0.05, 0.1) is 30.5 Å². The van der Waals surface area contributed by atoms with E-state index >= 15 is 0 Å². The molecule has 0 atom stereocenters. The van der Waals surface area contributed by atoms with Gasteiger partial charge in [-0.25, -0.2) is 4.39 Å². The largest absolute Gasteiger partial charge is 0.490 e. The van der Waals surface area contributed by atoms with Gasteiger partial charge in [-0.05, 0) is 36.6 Å². The second-order valence-electron chi connectivity index (χ2n) is 6.68. The first kappa shape index (κ1) is 17.9. The van der Waals surface area contributed by atoms with Crippen LogP contribution in [-0.2, 0) is 11.2 Å². The average molecular weight is 391 g/mol. The molecule has 0 spiro atoms. The van der Waals surface area contributed by atoms with Gasteiger partial charge >= 0.3 is 0 Å². The summed E-state index contributed by atoms with van der Waals surface area (Å²) in [6.45, 7) is 2.05. The lowest BCUT2D eigenvalue weighted by molar-refractivity contribution is -0.115. The van der Waals surface area contributed by atoms with E-state index in [0.29, 0.717) is 35.4 Å². The van der Waals surface area contributed by atoms with E-state index in [-0.39, 0.29) is 18.3 Å². The second kappa shape index (κ2) is 7.64. The van der Waals surface area contributed by atoms with E-state index in [4.69, 9.17) is 21.1 Å². The number of hydrogen-bond donors (Lipinski definition) is 1. The van der Waals surface area contributed by atoms with Crippen LogP contribution in [0.3, 0.4) is 0 Å². The van der Waals surface area contributed by atoms with Crippen molar-refractivity contribution in [3.8, 4) is 11.5 Å². The molecule has 0 aromatic heterocycles. The third kappa shape index (κ3) is 3.95. The molecule has 0 bridgehead atoms. The van der Waals surface area contributed by atoms with E-state index in [2.05, 4.69) is 5.32 Å². The lowest BCUT2D eigenvalue weighted by atomic mass is 10.0. The molecule has 5 nitrogen and oxygen atoms in total. The number of nitrogens with one attached hydrogen (secondary N) is 1. The third-order valence-electron chi connectivity index (χ3n) is 4.70. The van der Waals surface area contributed by atoms with Gasteiger partial charge in [0.15, 0.2) is 11.5 Å². The van der Waals surface area contributed by atoms with Gasteiger partial charge < -0.3 is 19.7 Å². The number of rotatable bonds is 3. The van der Waals surface area contributed by atoms with Crippen LogP contribution in [0.1, 0.15) is 18.4 Å². The third-order valence-corrected chi connectivity index (χ3v) is 5.01. The van der Waals surface area contributed by atoms with Crippen LogP contribution in [0, 0.1) is 5.82 Å². The van der Waals surface area contributed by atoms with E-state index in [1.807, 2.05) is 4.90 Å². The van der Waals surface area contributed by atoms with Crippen LogP contribution in [0.2, 0.25) is 5.02 Å². The molecule has 2 aromatic rings. The number of hydrogen-bond acceptors (Lipinski definition) is 4. The minimum atomic E-state index is -0.251. The molecule has 1 amide bonds. The summed E-state index contributed by atoms with van der Waals surface area (Å²) >= 11 is 6.29. The monoisotopic (exact) mass is 390 g/mol. The van der Waals surface area contributed by atoms with E-state index in [1.165, 1.54) is 6.07 Å². The summed E-state index contributed by atoms with van der Waals surface area (Å²) in [7, 11) is 0. The molecule has 2 heterocycles. The Morgan fingerprint density at radius 1 is 1.15 bits per heavy atom. The van der Waals surface area contributed by atoms with Crippen LogP contribution in [0.5, 0.6) is 11.5 Å². The van der Waals surface area contributed by atoms with Gasteiger partial charge in [0.25, 0.3) is 0 Å². The van der Waals surface area contributed by atoms with Crippen LogP contribution < -0.4 is 19.7 Å². The molecule has 0 unspecified atom stereocenters. The number of carbonyl (C=O) groups is 1. The zero-order valence-electron chi connectivity index (χ0n) is 14.8. The molecule has 0 aliphatic carbocycles. The van der Waals surface area contributed by atoms with Gasteiger partial charge in [-0.1, -0.05) is 11.6 Å². The fourth-order valence-electron chi connectivity index (χ4n) is 3.45. The van der Waals surface area contributed by atoms with Crippen molar-refractivity contribution in [2.75, 3.05) is 36.5 Å². The quantitative estimate of drug-likeness (QED) is 0.859. The zero-order chi connectivity index (χ0) is 18.8. The van der Waals surface area contributed by atoms with Crippen molar-refractivity contribution in [2.45, 2.75) is 19.3 Å². The van der Waals surface area contributed by atoms with Crippen molar-refractivity contribution < 1.29 is 18.7 Å². The molecule has 2 aliphatic rings. The van der Waals surface area contributed by atoms with Crippen molar-refractivity contribution in [1.29, 1.82) is 0 Å². The molecule has 2 aliphatic heterocycles. The summed E-state index contributed by atoms with van der Waals surface area (Å²) in [5.74, 6) is 0.719. The molecule has 4 rings (SSSR count). The van der Waals surface area contributed by atoms with Crippen LogP contribution in [0.25, 0.3) is 0 Å². The van der Waals surface area contributed by atoms with Gasteiger partial charge in [-0.2, -0.15) is 0 Å². The Labute approximate surface area is 162 Å². The van der Waals surface area contributed by atoms with Crippen molar-refractivity contribution in [2.24, 2.45) is 0 Å². The predicted molar refractivity (Wildman–Crippen MR) is 103 cm³/mol. The molecule has 0 radical (unpaired) electrons. The Hall–Kier alpha value is -2.47. The Morgan fingerprint density at radius 3 is 2.74 bits per heavy atom. The molecule has 27 heavy (non-hydrogen) atoms. The molecule has 1 N–H and O–H groups in total. The molecular formula is C20H20ClFN2O3. The molecule has 142 valence electrons. The molecule has 0 fully saturated rings. The van der Waals surface area contributed by atoms with Gasteiger partial charge in [0.1, 0.15) is 5.82 Å². The number of benzene rings is 2. The normalized spacial score (nSPS) is 15.7. The Kier molecular flexibility index (Phi) is 5.07. The highest BCUT2D eigenvalue weighted by molar-refractivity contribution is 6.34. The average Bonchev–Trinajstić information content (AvgIpc) is 2.87. The molecule has 7 heteroatoms. The maximum Gasteiger partial charge on any atom is 0.243 e. The maximum absolute atomic E-state index is 13.4. The van der Waals surface area contributed by atoms with Crippen molar-refractivity contribution in [3.63, 3.8) is 0 Å². The fraction of sp³-hybridized carbons (Fsp3) is 0.350. The summed E-state index contributed by atoms with van der Waals surface area (Å²) in [5.41, 5.74) is 2.33. The highest BCUT2D eigenvalue weighted by atomic mass is 35.5. The predicted octanol–water partition coefficient (Wildman–Crippen LogP) is 4.03. The minimum Gasteiger partial charge on any atom is -0.490 e. The number of anilines is 2. The smallest absolute Gasteiger partial charge is 0.243 e. The number of nitrogens with zero attached hydrogens (tertiary/aromatic N) is 1. The zero-order valence-corrected chi connectivity index (χ0v) is 15.5. The first-order valence-corrected chi connectivity index (χ1v) is 9.40. The Balaban J connectivity index is 1.48. The van der Waals surface area contributed by atoms with Crippen molar-refractivity contribution in [1.82, 2.24) is 0 Å². The number of ether oxygens (including phenoxy) is 2. The highest BCUT2D eigenvalue weighted by Crippen LogP contribution is 2.37. The van der Waals surface area contributed by atoms with E-state index in [9.17, 15) is 9.18 Å². The van der Waals surface area contributed by atoms with Gasteiger partial charge in [0, 0.05) is 30.8 Å². The van der Waals surface area contributed by atoms with E-state index in [0.717, 1.165) is 37.1 Å². The summed E-state index contributed by atoms with van der Waals surface area (Å²) < 4.78 is 24.7. The van der Waals surface area contributed by atoms with Crippen molar-refractivity contribution in [3.05, 3.63) is 46.7 Å². The SMILES string of the molecule is O=C(CN1CCCc2cc(F)ccc21)Nc1cc2c(cc1Cl)OCCCO2. The van der Waals surface area contributed by atoms with Crippen LogP contribution >= 0.6 is 11.6 Å². The Bertz CT molecular complexity index is 875. The molecule has 0 saturated heterocycles. The second-order valence-corrected chi connectivity index (χ2v) is 7.08. The number of aryl methyl sites for hydroxylation is 1. The first-order chi connectivity index (χ1) is 13.1. The minimum absolute atomic E-state index is 0.170. The topological polar surface area (TPSA) is 50.8 Å². The highest BCUT2D eigenvalue weighted by Gasteiger charge is 2.21. The summed E-state index contributed by atoms with van der Waals surface area (Å²) in [6.07, 6.45) is 2.50. The van der Waals surface area contributed by atoms with Gasteiger partial charge in [-0.15, -0.1) is 0 Å². The summed E-state index contributed by atoms with van der Waals surface area (Å²) in [6, 6.07) is 8.06. The van der Waals surface area contributed by atoms with Crippen LogP contribution in [-0.4, -0.2) is 32.2 Å². The number of amides is 1. The number of carbonyl (C=O) groups excluding carboxylic acids is 1. The van der Waals surface area contributed by atoms with E-state index in [1.54, 1.807) is 24.3 Å². The summed E-state index contributed by atoms with van der Waals surface area (Å²) in [5, 5.41) is 3.25. The lowest BCUT2D eigenvalue weighted by Gasteiger charge is -2.30. The van der Waals surface area contributed by atoms with Gasteiger partial charge in [0.2, 0.25) is 5.91 Å². The fourth-order valence-corrected chi connectivity index (χ4v) is 3.65. The first-order valence-electron chi connectivity index (χ1n) is 9.02. The van der Waals surface area contributed by atoms with Gasteiger partial charge in [-0.3, -0.25) is 4.79 Å².